The summed E-state index contributed by atoms with van der Waals surface area (Å²) in [4.78, 5) is 10.4. The van der Waals surface area contributed by atoms with Gasteiger partial charge in [-0.05, 0) is 123 Å². The molecule has 0 bridgehead atoms. The van der Waals surface area contributed by atoms with Gasteiger partial charge in [0.1, 0.15) is 0 Å². The zero-order valence-corrected chi connectivity index (χ0v) is 34.1. The highest BCUT2D eigenvalue weighted by Gasteiger charge is 2.48. The van der Waals surface area contributed by atoms with Gasteiger partial charge in [-0.25, -0.2) is 9.97 Å². The van der Waals surface area contributed by atoms with Crippen molar-refractivity contribution in [2.75, 3.05) is 0 Å². The van der Waals surface area contributed by atoms with Crippen LogP contribution in [0.4, 0.5) is 0 Å². The minimum Gasteiger partial charge on any atom is -0.228 e. The van der Waals surface area contributed by atoms with E-state index in [0.717, 1.165) is 33.9 Å². The van der Waals surface area contributed by atoms with Crippen LogP contribution in [-0.2, 0) is 10.8 Å². The van der Waals surface area contributed by atoms with E-state index in [2.05, 4.69) is 164 Å². The van der Waals surface area contributed by atoms with E-state index in [1.807, 2.05) is 6.07 Å². The first-order valence-electron chi connectivity index (χ1n) is 22.3. The van der Waals surface area contributed by atoms with Crippen LogP contribution >= 0.6 is 0 Å². The van der Waals surface area contributed by atoms with Crippen LogP contribution in [-0.4, -0.2) is 9.97 Å². The largest absolute Gasteiger partial charge is 0.228 e. The van der Waals surface area contributed by atoms with E-state index in [0.29, 0.717) is 0 Å². The molecule has 2 saturated carbocycles. The van der Waals surface area contributed by atoms with Gasteiger partial charge in [-0.1, -0.05) is 178 Å². The molecule has 60 heavy (non-hydrogen) atoms. The van der Waals surface area contributed by atoms with Gasteiger partial charge in [0, 0.05) is 27.5 Å². The zero-order valence-electron chi connectivity index (χ0n) is 34.1. The van der Waals surface area contributed by atoms with E-state index < -0.39 is 0 Å². The topological polar surface area (TPSA) is 25.8 Å². The zero-order chi connectivity index (χ0) is 39.7. The highest BCUT2D eigenvalue weighted by Crippen LogP contribution is 2.62. The van der Waals surface area contributed by atoms with Crippen LogP contribution in [0.3, 0.4) is 0 Å². The van der Waals surface area contributed by atoms with Crippen LogP contribution < -0.4 is 0 Å². The molecule has 0 aliphatic heterocycles. The van der Waals surface area contributed by atoms with Gasteiger partial charge in [0.15, 0.2) is 5.82 Å². The molecular weight excluding hydrogens is 725 g/mol. The van der Waals surface area contributed by atoms with Gasteiger partial charge in [0.25, 0.3) is 0 Å². The molecule has 4 aliphatic carbocycles. The van der Waals surface area contributed by atoms with Gasteiger partial charge in [0.2, 0.25) is 0 Å². The van der Waals surface area contributed by atoms with E-state index >= 15 is 0 Å². The summed E-state index contributed by atoms with van der Waals surface area (Å²) in [6.45, 7) is 0. The van der Waals surface area contributed by atoms with E-state index in [9.17, 15) is 0 Å². The predicted molar refractivity (Wildman–Crippen MR) is 248 cm³/mol. The number of hydrogen-bond acceptors (Lipinski definition) is 2. The molecule has 12 rings (SSSR count). The van der Waals surface area contributed by atoms with Crippen LogP contribution in [0.1, 0.15) is 86.5 Å². The summed E-state index contributed by atoms with van der Waals surface area (Å²) in [7, 11) is 0. The predicted octanol–water partition coefficient (Wildman–Crippen LogP) is 15.3. The maximum Gasteiger partial charge on any atom is 0.160 e. The van der Waals surface area contributed by atoms with Crippen molar-refractivity contribution in [2.24, 2.45) is 0 Å². The van der Waals surface area contributed by atoms with Crippen molar-refractivity contribution in [3.8, 4) is 78.4 Å². The lowest BCUT2D eigenvalue weighted by Gasteiger charge is -2.37. The van der Waals surface area contributed by atoms with E-state index in [1.54, 1.807) is 22.3 Å². The van der Waals surface area contributed by atoms with Crippen LogP contribution in [0, 0.1) is 0 Å². The number of hydrogen-bond donors (Lipinski definition) is 0. The fourth-order valence-corrected chi connectivity index (χ4v) is 11.8. The summed E-state index contributed by atoms with van der Waals surface area (Å²) in [5, 5.41) is 0. The summed E-state index contributed by atoms with van der Waals surface area (Å²) < 4.78 is 0. The Balaban J connectivity index is 0.968. The molecule has 4 aliphatic rings. The van der Waals surface area contributed by atoms with E-state index in [4.69, 9.17) is 9.97 Å². The summed E-state index contributed by atoms with van der Waals surface area (Å²) in [6.07, 6.45) is 12.9. The Hall–Kier alpha value is -6.38. The van der Waals surface area contributed by atoms with Crippen molar-refractivity contribution in [1.29, 1.82) is 0 Å². The normalized spacial score (nSPS) is 16.6. The van der Waals surface area contributed by atoms with Crippen LogP contribution in [0.25, 0.3) is 78.4 Å². The summed E-state index contributed by atoms with van der Waals surface area (Å²) >= 11 is 0. The first-order chi connectivity index (χ1) is 29.7. The molecule has 2 nitrogen and oxygen atoms in total. The molecule has 2 heteroatoms. The first-order valence-corrected chi connectivity index (χ1v) is 22.3. The molecule has 0 radical (unpaired) electrons. The van der Waals surface area contributed by atoms with Crippen molar-refractivity contribution in [2.45, 2.75) is 75.0 Å². The van der Waals surface area contributed by atoms with Gasteiger partial charge in [0.05, 0.1) is 11.4 Å². The SMILES string of the molecule is c1ccc(-c2ccc(-c3cc(-c4cccc(-c5ccc6c(c5)-c5cc7c(cc5C65CCCCC5)-c5ccccc5C75CCCCC5)c4)nc(-c4ccccc4)n3)cc2)cc1. The maximum atomic E-state index is 5.22. The fourth-order valence-electron chi connectivity index (χ4n) is 11.8. The summed E-state index contributed by atoms with van der Waals surface area (Å²) in [6, 6.07) is 63.1. The van der Waals surface area contributed by atoms with Gasteiger partial charge in [-0.15, -0.1) is 0 Å². The second-order valence-corrected chi connectivity index (χ2v) is 17.9. The van der Waals surface area contributed by atoms with Crippen LogP contribution in [0.5, 0.6) is 0 Å². The van der Waals surface area contributed by atoms with Crippen LogP contribution in [0.2, 0.25) is 0 Å². The highest BCUT2D eigenvalue weighted by atomic mass is 14.9. The van der Waals surface area contributed by atoms with Crippen molar-refractivity contribution in [3.05, 3.63) is 192 Å². The van der Waals surface area contributed by atoms with Crippen LogP contribution in [0.15, 0.2) is 170 Å². The average molecular weight is 773 g/mol. The lowest BCUT2D eigenvalue weighted by atomic mass is 9.66. The number of nitrogens with zero attached hydrogens (tertiary/aromatic N) is 2. The maximum absolute atomic E-state index is 5.22. The van der Waals surface area contributed by atoms with E-state index in [1.165, 1.54) is 109 Å². The summed E-state index contributed by atoms with van der Waals surface area (Å²) in [5.41, 5.74) is 22.4. The van der Waals surface area contributed by atoms with Gasteiger partial charge >= 0.3 is 0 Å². The molecule has 0 atom stereocenters. The molecule has 1 heterocycles. The first kappa shape index (κ1) is 35.6. The Labute approximate surface area is 354 Å². The molecular formula is C58H48N2. The Morgan fingerprint density at radius 3 is 1.43 bits per heavy atom. The molecule has 0 N–H and O–H groups in total. The Morgan fingerprint density at radius 1 is 0.283 bits per heavy atom. The Bertz CT molecular complexity index is 2910. The van der Waals surface area contributed by atoms with Gasteiger partial charge in [-0.2, -0.15) is 0 Å². The molecule has 0 saturated heterocycles. The third-order valence-corrected chi connectivity index (χ3v) is 14.7. The molecule has 2 fully saturated rings. The van der Waals surface area contributed by atoms with E-state index in [-0.39, 0.29) is 10.8 Å². The quantitative estimate of drug-likeness (QED) is 0.174. The number of aromatic nitrogens is 2. The molecule has 0 unspecified atom stereocenters. The number of benzene rings is 7. The lowest BCUT2D eigenvalue weighted by Crippen LogP contribution is -2.29. The minimum absolute atomic E-state index is 0.0973. The Morgan fingerprint density at radius 2 is 0.750 bits per heavy atom. The van der Waals surface area contributed by atoms with Crippen molar-refractivity contribution < 1.29 is 0 Å². The lowest BCUT2D eigenvalue weighted by molar-refractivity contribution is 0.350. The number of rotatable bonds is 5. The van der Waals surface area contributed by atoms with Crippen molar-refractivity contribution >= 4 is 0 Å². The fraction of sp³-hybridized carbons (Fsp3) is 0.207. The second kappa shape index (κ2) is 14.1. The third kappa shape index (κ3) is 5.60. The van der Waals surface area contributed by atoms with Crippen molar-refractivity contribution in [3.63, 3.8) is 0 Å². The summed E-state index contributed by atoms with van der Waals surface area (Å²) in [5.74, 6) is 0.734. The minimum atomic E-state index is 0.0973. The Kier molecular flexibility index (Phi) is 8.37. The average Bonchev–Trinajstić information content (AvgIpc) is 3.73. The standard InChI is InChI=1S/C58H48N2/c1-5-16-39(17-6-1)40-24-26-41(27-25-40)54-38-55(60-56(59-54)42-18-7-2-8-19-42)45-21-15-20-43(34-45)44-28-29-51-47(35-44)49-37-52-48(36-53(49)58(51)32-13-4-14-33-58)46-22-9-10-23-50(46)57(52)30-11-3-12-31-57/h1-2,5-10,15-29,34-38H,3-4,11-14,30-33H2. The molecule has 2 spiro atoms. The van der Waals surface area contributed by atoms with Gasteiger partial charge in [-0.3, -0.25) is 0 Å². The third-order valence-electron chi connectivity index (χ3n) is 14.7. The second-order valence-electron chi connectivity index (χ2n) is 17.9. The monoisotopic (exact) mass is 772 g/mol. The molecule has 290 valence electrons. The number of fused-ring (bicyclic) bond motifs is 10. The molecule has 0 amide bonds. The molecule has 7 aromatic carbocycles. The van der Waals surface area contributed by atoms with Crippen molar-refractivity contribution in [1.82, 2.24) is 9.97 Å². The smallest absolute Gasteiger partial charge is 0.160 e. The van der Waals surface area contributed by atoms with Gasteiger partial charge < -0.3 is 0 Å². The molecule has 1 aromatic heterocycles. The highest BCUT2D eigenvalue weighted by molar-refractivity contribution is 5.92. The molecule has 8 aromatic rings.